The fraction of sp³-hybridized carbons (Fsp3) is 0.692. The fourth-order valence-corrected chi connectivity index (χ4v) is 3.23. The fourth-order valence-electron chi connectivity index (χ4n) is 2.36. The highest BCUT2D eigenvalue weighted by molar-refractivity contribution is 7.99. The van der Waals surface area contributed by atoms with E-state index < -0.39 is 11.9 Å². The molecule has 20 heavy (non-hydrogen) atoms. The van der Waals surface area contributed by atoms with Crippen molar-refractivity contribution >= 4 is 11.8 Å². The summed E-state index contributed by atoms with van der Waals surface area (Å²) in [6.45, 7) is 1.11. The Morgan fingerprint density at radius 3 is 2.90 bits per heavy atom. The molecule has 7 heteroatoms. The molecule has 1 aliphatic rings. The van der Waals surface area contributed by atoms with Gasteiger partial charge in [-0.05, 0) is 38.9 Å². The molecule has 0 amide bonds. The van der Waals surface area contributed by atoms with Crippen LogP contribution in [0.5, 0.6) is 0 Å². The van der Waals surface area contributed by atoms with Gasteiger partial charge in [-0.3, -0.25) is 0 Å². The van der Waals surface area contributed by atoms with Gasteiger partial charge in [0.15, 0.2) is 5.16 Å². The Hall–Kier alpha value is -0.820. The van der Waals surface area contributed by atoms with Crippen LogP contribution in [0, 0.1) is 0 Å². The number of nitrogens with zero attached hydrogens (tertiary/aromatic N) is 3. The van der Waals surface area contributed by atoms with E-state index in [0.29, 0.717) is 6.04 Å². The third kappa shape index (κ3) is 4.34. The van der Waals surface area contributed by atoms with Gasteiger partial charge in [-0.15, -0.1) is 0 Å². The first-order valence-electron chi connectivity index (χ1n) is 6.70. The largest absolute Gasteiger partial charge is 0.433 e. The number of hydrogen-bond donors (Lipinski definition) is 0. The summed E-state index contributed by atoms with van der Waals surface area (Å²) in [4.78, 5) is 9.78. The van der Waals surface area contributed by atoms with E-state index in [4.69, 9.17) is 0 Å². The van der Waals surface area contributed by atoms with Crippen LogP contribution in [-0.2, 0) is 6.18 Å². The minimum atomic E-state index is -4.40. The van der Waals surface area contributed by atoms with Crippen LogP contribution < -0.4 is 0 Å². The number of thioether (sulfide) groups is 1. The first kappa shape index (κ1) is 15.6. The van der Waals surface area contributed by atoms with Gasteiger partial charge >= 0.3 is 6.18 Å². The van der Waals surface area contributed by atoms with Crippen LogP contribution in [0.3, 0.4) is 0 Å². The minimum absolute atomic E-state index is 0.207. The first-order valence-corrected chi connectivity index (χ1v) is 7.68. The van der Waals surface area contributed by atoms with Crippen LogP contribution in [0.4, 0.5) is 13.2 Å². The number of aromatic nitrogens is 2. The molecular weight excluding hydrogens is 287 g/mol. The molecule has 1 aromatic heterocycles. The summed E-state index contributed by atoms with van der Waals surface area (Å²) < 4.78 is 37.6. The van der Waals surface area contributed by atoms with E-state index in [9.17, 15) is 13.2 Å². The predicted octanol–water partition coefficient (Wildman–Crippen LogP) is 3.46. The number of alkyl halides is 3. The Morgan fingerprint density at radius 2 is 2.20 bits per heavy atom. The van der Waals surface area contributed by atoms with Crippen molar-refractivity contribution in [3.8, 4) is 0 Å². The Bertz CT molecular complexity index is 439. The van der Waals surface area contributed by atoms with Gasteiger partial charge in [-0.25, -0.2) is 9.97 Å². The molecule has 1 atom stereocenters. The van der Waals surface area contributed by atoms with Crippen LogP contribution >= 0.6 is 11.8 Å². The van der Waals surface area contributed by atoms with Crippen molar-refractivity contribution in [2.75, 3.05) is 19.3 Å². The van der Waals surface area contributed by atoms with Crippen LogP contribution in [0.2, 0.25) is 0 Å². The zero-order valence-electron chi connectivity index (χ0n) is 11.4. The Labute approximate surface area is 121 Å². The molecule has 1 fully saturated rings. The molecule has 2 rings (SSSR count). The van der Waals surface area contributed by atoms with Crippen molar-refractivity contribution in [2.45, 2.75) is 43.1 Å². The highest BCUT2D eigenvalue weighted by Gasteiger charge is 2.32. The average molecular weight is 305 g/mol. The third-order valence-electron chi connectivity index (χ3n) is 3.53. The maximum Gasteiger partial charge on any atom is 0.433 e. The van der Waals surface area contributed by atoms with Gasteiger partial charge in [0, 0.05) is 18.0 Å². The smallest absolute Gasteiger partial charge is 0.303 e. The van der Waals surface area contributed by atoms with Crippen LogP contribution in [0.15, 0.2) is 17.4 Å². The minimum Gasteiger partial charge on any atom is -0.303 e. The van der Waals surface area contributed by atoms with Crippen molar-refractivity contribution in [2.24, 2.45) is 0 Å². The lowest BCUT2D eigenvalue weighted by Gasteiger charge is -2.32. The van der Waals surface area contributed by atoms with E-state index in [-0.39, 0.29) is 5.16 Å². The summed E-state index contributed by atoms with van der Waals surface area (Å²) in [5.74, 6) is 0.746. The monoisotopic (exact) mass is 305 g/mol. The van der Waals surface area contributed by atoms with E-state index in [1.165, 1.54) is 37.2 Å². The van der Waals surface area contributed by atoms with E-state index in [2.05, 4.69) is 21.9 Å². The summed E-state index contributed by atoms with van der Waals surface area (Å²) in [7, 11) is 2.11. The molecule has 1 aliphatic heterocycles. The maximum absolute atomic E-state index is 12.5. The molecule has 2 heterocycles. The predicted molar refractivity (Wildman–Crippen MR) is 72.6 cm³/mol. The highest BCUT2D eigenvalue weighted by atomic mass is 32.2. The summed E-state index contributed by atoms with van der Waals surface area (Å²) in [6.07, 6.45) is 1.37. The van der Waals surface area contributed by atoms with Gasteiger partial charge in [0.05, 0.1) is 0 Å². The van der Waals surface area contributed by atoms with Gasteiger partial charge in [-0.1, -0.05) is 18.2 Å². The molecular formula is C13H18F3N3S. The SMILES string of the molecule is CN1CCCCC1CCSc1nccc(C(F)(F)F)n1. The second-order valence-electron chi connectivity index (χ2n) is 4.99. The molecule has 0 N–H and O–H groups in total. The lowest BCUT2D eigenvalue weighted by molar-refractivity contribution is -0.141. The molecule has 1 saturated heterocycles. The van der Waals surface area contributed by atoms with Crippen molar-refractivity contribution in [3.05, 3.63) is 18.0 Å². The first-order chi connectivity index (χ1) is 9.47. The van der Waals surface area contributed by atoms with Gasteiger partial charge < -0.3 is 4.90 Å². The number of likely N-dealkylation sites (tertiary alicyclic amines) is 1. The van der Waals surface area contributed by atoms with E-state index in [1.54, 1.807) is 0 Å². The lowest BCUT2D eigenvalue weighted by Crippen LogP contribution is -2.36. The van der Waals surface area contributed by atoms with E-state index >= 15 is 0 Å². The highest BCUT2D eigenvalue weighted by Crippen LogP contribution is 2.29. The van der Waals surface area contributed by atoms with Crippen molar-refractivity contribution in [1.29, 1.82) is 0 Å². The van der Waals surface area contributed by atoms with Crippen LogP contribution in [0.25, 0.3) is 0 Å². The lowest BCUT2D eigenvalue weighted by atomic mass is 10.0. The van der Waals surface area contributed by atoms with Crippen molar-refractivity contribution in [3.63, 3.8) is 0 Å². The number of hydrogen-bond acceptors (Lipinski definition) is 4. The van der Waals surface area contributed by atoms with Gasteiger partial charge in [0.25, 0.3) is 0 Å². The van der Waals surface area contributed by atoms with Gasteiger partial charge in [0.2, 0.25) is 0 Å². The molecule has 1 aromatic rings. The second kappa shape index (κ2) is 6.76. The molecule has 1 unspecified atom stereocenters. The third-order valence-corrected chi connectivity index (χ3v) is 4.42. The summed E-state index contributed by atoms with van der Waals surface area (Å²) in [6, 6.07) is 1.43. The summed E-state index contributed by atoms with van der Waals surface area (Å²) in [5, 5.41) is 0.207. The Kier molecular flexibility index (Phi) is 5.26. The van der Waals surface area contributed by atoms with Crippen LogP contribution in [-0.4, -0.2) is 40.3 Å². The summed E-state index contributed by atoms with van der Waals surface area (Å²) >= 11 is 1.30. The molecule has 112 valence electrons. The number of piperidine rings is 1. The van der Waals surface area contributed by atoms with Gasteiger partial charge in [0.1, 0.15) is 5.69 Å². The zero-order valence-corrected chi connectivity index (χ0v) is 12.2. The maximum atomic E-state index is 12.5. The second-order valence-corrected chi connectivity index (χ2v) is 6.05. The topological polar surface area (TPSA) is 29.0 Å². The molecule has 0 saturated carbocycles. The molecule has 0 aromatic carbocycles. The normalized spacial score (nSPS) is 21.1. The molecule has 0 radical (unpaired) electrons. The Balaban J connectivity index is 1.85. The zero-order chi connectivity index (χ0) is 14.6. The molecule has 3 nitrogen and oxygen atoms in total. The summed E-state index contributed by atoms with van der Waals surface area (Å²) in [5.41, 5.74) is -0.871. The Morgan fingerprint density at radius 1 is 1.40 bits per heavy atom. The molecule has 0 spiro atoms. The number of rotatable bonds is 4. The molecule has 0 bridgehead atoms. The number of halogens is 3. The molecule has 0 aliphatic carbocycles. The standard InChI is InChI=1S/C13H18F3N3S/c1-19-8-3-2-4-10(19)6-9-20-12-17-7-5-11(18-12)13(14,15)16/h5,7,10H,2-4,6,8-9H2,1H3. The van der Waals surface area contributed by atoms with Crippen molar-refractivity contribution < 1.29 is 13.2 Å². The van der Waals surface area contributed by atoms with E-state index in [0.717, 1.165) is 24.8 Å². The average Bonchev–Trinajstić information content (AvgIpc) is 2.40. The van der Waals surface area contributed by atoms with E-state index in [1.807, 2.05) is 0 Å². The van der Waals surface area contributed by atoms with Crippen molar-refractivity contribution in [1.82, 2.24) is 14.9 Å². The van der Waals surface area contributed by atoms with Crippen LogP contribution in [0.1, 0.15) is 31.4 Å². The van der Waals surface area contributed by atoms with Gasteiger partial charge in [-0.2, -0.15) is 13.2 Å². The quantitative estimate of drug-likeness (QED) is 0.629.